The van der Waals surface area contributed by atoms with Gasteiger partial charge in [0.1, 0.15) is 0 Å². The summed E-state index contributed by atoms with van der Waals surface area (Å²) in [5.74, 6) is 1.24. The van der Waals surface area contributed by atoms with Crippen LogP contribution in [0, 0.1) is 23.2 Å². The van der Waals surface area contributed by atoms with E-state index in [4.69, 9.17) is 15.0 Å². The minimum absolute atomic E-state index is 0. The summed E-state index contributed by atoms with van der Waals surface area (Å²) in [5, 5.41) is 3.21. The standard InChI is InChI=1S/C25H39BN2O3.ClH/c1-16(2)12-21(28-22(29)24(5,27)15-17-10-8-7-9-11-17)26-30-20-14-18-13-19(23(18,3)4)25(20,6)31-26;/h7-11,16,18-21H,12-15,27H2,1-6H3,(H,28,29);1H/t18?,19-,20+,21-,24+,25-;/m0./s1. The number of amides is 1. The number of hydrogen-bond donors (Lipinski definition) is 2. The molecule has 1 amide bonds. The Labute approximate surface area is 200 Å². The van der Waals surface area contributed by atoms with Crippen LogP contribution in [0.2, 0.25) is 0 Å². The van der Waals surface area contributed by atoms with Crippen LogP contribution in [-0.4, -0.2) is 36.2 Å². The van der Waals surface area contributed by atoms with Gasteiger partial charge in [0.05, 0.1) is 23.2 Å². The van der Waals surface area contributed by atoms with Crippen LogP contribution in [0.4, 0.5) is 0 Å². The summed E-state index contributed by atoms with van der Waals surface area (Å²) < 4.78 is 13.1. The number of nitrogens with two attached hydrogens (primary N) is 1. The van der Waals surface area contributed by atoms with Crippen molar-refractivity contribution in [2.24, 2.45) is 28.9 Å². The Hall–Kier alpha value is -1.08. The maximum atomic E-state index is 13.2. The number of carbonyl (C=O) groups is 1. The molecule has 3 aliphatic carbocycles. The zero-order valence-corrected chi connectivity index (χ0v) is 21.2. The molecule has 178 valence electrons. The van der Waals surface area contributed by atoms with Gasteiger partial charge in [0, 0.05) is 0 Å². The van der Waals surface area contributed by atoms with E-state index in [0.29, 0.717) is 29.6 Å². The van der Waals surface area contributed by atoms with Crippen LogP contribution in [0.15, 0.2) is 30.3 Å². The Bertz CT molecular complexity index is 819. The lowest BCUT2D eigenvalue weighted by atomic mass is 9.43. The van der Waals surface area contributed by atoms with Gasteiger partial charge >= 0.3 is 7.12 Å². The van der Waals surface area contributed by atoms with Gasteiger partial charge in [0.25, 0.3) is 0 Å². The Balaban J connectivity index is 0.00000289. The van der Waals surface area contributed by atoms with Gasteiger partial charge in [0.15, 0.2) is 0 Å². The predicted molar refractivity (Wildman–Crippen MR) is 131 cm³/mol. The lowest BCUT2D eigenvalue weighted by Gasteiger charge is -2.64. The molecular formula is C25H40BClN2O3. The first-order valence-corrected chi connectivity index (χ1v) is 11.9. The van der Waals surface area contributed by atoms with Crippen molar-refractivity contribution < 1.29 is 14.1 Å². The average molecular weight is 463 g/mol. The molecule has 6 atom stereocenters. The van der Waals surface area contributed by atoms with Crippen molar-refractivity contribution in [2.75, 3.05) is 0 Å². The SMILES string of the molecule is CC(C)C[C@H](NC(=O)[C@](C)(N)Cc1ccccc1)B1O[C@@H]2CC3C[C@@H](C3(C)C)[C@]2(C)O1.Cl. The van der Waals surface area contributed by atoms with Crippen LogP contribution in [0.1, 0.15) is 66.4 Å². The molecule has 32 heavy (non-hydrogen) atoms. The van der Waals surface area contributed by atoms with Crippen molar-refractivity contribution >= 4 is 25.4 Å². The van der Waals surface area contributed by atoms with E-state index in [9.17, 15) is 4.79 Å². The zero-order chi connectivity index (χ0) is 22.6. The third-order valence-corrected chi connectivity index (χ3v) is 8.27. The monoisotopic (exact) mass is 462 g/mol. The fourth-order valence-electron chi connectivity index (χ4n) is 6.25. The molecular weight excluding hydrogens is 423 g/mol. The van der Waals surface area contributed by atoms with Gasteiger partial charge in [-0.1, -0.05) is 58.0 Å². The summed E-state index contributed by atoms with van der Waals surface area (Å²) in [6.07, 6.45) is 3.64. The predicted octanol–water partition coefficient (Wildman–Crippen LogP) is 4.17. The molecule has 2 bridgehead atoms. The molecule has 4 aliphatic rings. The Morgan fingerprint density at radius 1 is 1.25 bits per heavy atom. The summed E-state index contributed by atoms with van der Waals surface area (Å²) >= 11 is 0. The highest BCUT2D eigenvalue weighted by molar-refractivity contribution is 6.48. The van der Waals surface area contributed by atoms with Crippen molar-refractivity contribution in [1.82, 2.24) is 5.32 Å². The molecule has 1 saturated heterocycles. The quantitative estimate of drug-likeness (QED) is 0.597. The highest BCUT2D eigenvalue weighted by Crippen LogP contribution is 2.65. The minimum Gasteiger partial charge on any atom is -0.404 e. The largest absolute Gasteiger partial charge is 0.481 e. The average Bonchev–Trinajstić information content (AvgIpc) is 3.04. The van der Waals surface area contributed by atoms with E-state index in [1.54, 1.807) is 6.92 Å². The molecule has 4 fully saturated rings. The van der Waals surface area contributed by atoms with Crippen LogP contribution in [0.5, 0.6) is 0 Å². The molecule has 1 aromatic carbocycles. The lowest BCUT2D eigenvalue weighted by Crippen LogP contribution is -2.65. The summed E-state index contributed by atoms with van der Waals surface area (Å²) in [7, 11) is -0.427. The van der Waals surface area contributed by atoms with Gasteiger partial charge in [-0.15, -0.1) is 12.4 Å². The first kappa shape index (κ1) is 25.5. The second-order valence-electron chi connectivity index (χ2n) is 11.6. The van der Waals surface area contributed by atoms with Crippen molar-refractivity contribution in [3.63, 3.8) is 0 Å². The first-order valence-electron chi connectivity index (χ1n) is 11.9. The van der Waals surface area contributed by atoms with E-state index in [1.165, 1.54) is 6.42 Å². The van der Waals surface area contributed by atoms with Gasteiger partial charge in [-0.2, -0.15) is 0 Å². The lowest BCUT2D eigenvalue weighted by molar-refractivity contribution is -0.199. The molecule has 3 saturated carbocycles. The van der Waals surface area contributed by atoms with E-state index in [1.807, 2.05) is 30.3 Å². The molecule has 0 aromatic heterocycles. The van der Waals surface area contributed by atoms with Gasteiger partial charge in [-0.3, -0.25) is 4.79 Å². The van der Waals surface area contributed by atoms with Crippen LogP contribution in [-0.2, 0) is 20.5 Å². The van der Waals surface area contributed by atoms with Crippen molar-refractivity contribution in [2.45, 2.75) is 90.4 Å². The topological polar surface area (TPSA) is 73.6 Å². The van der Waals surface area contributed by atoms with Gasteiger partial charge in [-0.05, 0) is 68.3 Å². The number of benzene rings is 1. The summed E-state index contributed by atoms with van der Waals surface area (Å²) in [6, 6.07) is 9.93. The number of nitrogens with one attached hydrogen (secondary N) is 1. The van der Waals surface area contributed by atoms with Gasteiger partial charge in [-0.25, -0.2) is 0 Å². The van der Waals surface area contributed by atoms with Crippen LogP contribution in [0.3, 0.4) is 0 Å². The third-order valence-electron chi connectivity index (χ3n) is 8.27. The maximum Gasteiger partial charge on any atom is 0.481 e. The van der Waals surface area contributed by atoms with E-state index in [0.717, 1.165) is 18.4 Å². The van der Waals surface area contributed by atoms with Crippen molar-refractivity contribution in [1.29, 1.82) is 0 Å². The summed E-state index contributed by atoms with van der Waals surface area (Å²) in [5.41, 5.74) is 6.55. The smallest absolute Gasteiger partial charge is 0.404 e. The Kier molecular flexibility index (Phi) is 7.14. The molecule has 3 N–H and O–H groups in total. The fraction of sp³-hybridized carbons (Fsp3) is 0.720. The van der Waals surface area contributed by atoms with Crippen molar-refractivity contribution in [3.05, 3.63) is 35.9 Å². The third kappa shape index (κ3) is 4.48. The second kappa shape index (κ2) is 8.94. The van der Waals surface area contributed by atoms with Gasteiger partial charge < -0.3 is 20.4 Å². The summed E-state index contributed by atoms with van der Waals surface area (Å²) in [4.78, 5) is 13.2. The minimum atomic E-state index is -1.00. The molecule has 5 rings (SSSR count). The highest BCUT2D eigenvalue weighted by atomic mass is 35.5. The van der Waals surface area contributed by atoms with Crippen molar-refractivity contribution in [3.8, 4) is 0 Å². The fourth-order valence-corrected chi connectivity index (χ4v) is 6.25. The van der Waals surface area contributed by atoms with Crippen LogP contribution in [0.25, 0.3) is 0 Å². The number of halogens is 1. The highest BCUT2D eigenvalue weighted by Gasteiger charge is 2.68. The maximum absolute atomic E-state index is 13.2. The van der Waals surface area contributed by atoms with Crippen LogP contribution < -0.4 is 11.1 Å². The second-order valence-corrected chi connectivity index (χ2v) is 11.6. The number of rotatable bonds is 7. The summed E-state index contributed by atoms with van der Waals surface area (Å²) in [6.45, 7) is 13.1. The molecule has 5 nitrogen and oxygen atoms in total. The number of hydrogen-bond acceptors (Lipinski definition) is 4. The first-order chi connectivity index (χ1) is 14.4. The molecule has 1 aromatic rings. The van der Waals surface area contributed by atoms with E-state index in [-0.39, 0.29) is 36.0 Å². The number of carbonyl (C=O) groups excluding carboxylic acids is 1. The zero-order valence-electron chi connectivity index (χ0n) is 20.4. The molecule has 1 unspecified atom stereocenters. The molecule has 7 heteroatoms. The van der Waals surface area contributed by atoms with Crippen LogP contribution >= 0.6 is 12.4 Å². The molecule has 1 heterocycles. The van der Waals surface area contributed by atoms with E-state index in [2.05, 4.69) is 39.9 Å². The molecule has 0 spiro atoms. The molecule has 1 aliphatic heterocycles. The molecule has 0 radical (unpaired) electrons. The van der Waals surface area contributed by atoms with E-state index < -0.39 is 12.7 Å². The van der Waals surface area contributed by atoms with E-state index >= 15 is 0 Å². The Morgan fingerprint density at radius 3 is 2.50 bits per heavy atom. The van der Waals surface area contributed by atoms with Gasteiger partial charge in [0.2, 0.25) is 5.91 Å². The normalized spacial score (nSPS) is 32.9. The Morgan fingerprint density at radius 2 is 1.91 bits per heavy atom.